The largest absolute Gasteiger partial charge is 0.497 e. The second kappa shape index (κ2) is 7.01. The van der Waals surface area contributed by atoms with Crippen molar-refractivity contribution in [2.75, 3.05) is 20.3 Å². The fourth-order valence-corrected chi connectivity index (χ4v) is 2.47. The maximum atomic E-state index is 12.2. The second-order valence-corrected chi connectivity index (χ2v) is 5.35. The van der Waals surface area contributed by atoms with Crippen LogP contribution in [0.1, 0.15) is 11.1 Å². The number of rotatable bonds is 5. The molecule has 0 atom stereocenters. The van der Waals surface area contributed by atoms with E-state index in [1.54, 1.807) is 7.11 Å². The Kier molecular flexibility index (Phi) is 4.62. The number of hydrogen-bond donors (Lipinski definition) is 1. The Bertz CT molecular complexity index is 720. The lowest BCUT2D eigenvalue weighted by atomic mass is 10.1. The lowest BCUT2D eigenvalue weighted by Gasteiger charge is -2.17. The Hall–Kier alpha value is -2.75. The van der Waals surface area contributed by atoms with Crippen molar-refractivity contribution in [3.8, 4) is 11.5 Å². The third-order valence-corrected chi connectivity index (χ3v) is 3.78. The van der Waals surface area contributed by atoms with Gasteiger partial charge in [-0.15, -0.1) is 0 Å². The topological polar surface area (TPSA) is 47.6 Å². The van der Waals surface area contributed by atoms with Gasteiger partial charge in [-0.2, -0.15) is 0 Å². The van der Waals surface area contributed by atoms with Gasteiger partial charge >= 0.3 is 0 Å². The number of para-hydroxylation sites is 1. The van der Waals surface area contributed by atoms with Gasteiger partial charge in [0, 0.05) is 12.1 Å². The number of fused-ring (bicyclic) bond motifs is 1. The van der Waals surface area contributed by atoms with Gasteiger partial charge in [0.1, 0.15) is 18.1 Å². The zero-order valence-electron chi connectivity index (χ0n) is 13.0. The van der Waals surface area contributed by atoms with Crippen molar-refractivity contribution < 1.29 is 14.3 Å². The summed E-state index contributed by atoms with van der Waals surface area (Å²) in [4.78, 5) is 12.2. The molecule has 23 heavy (non-hydrogen) atoms. The molecule has 1 amide bonds. The van der Waals surface area contributed by atoms with Crippen LogP contribution in [0.15, 0.2) is 54.1 Å². The summed E-state index contributed by atoms with van der Waals surface area (Å²) >= 11 is 0. The lowest BCUT2D eigenvalue weighted by Crippen LogP contribution is -2.30. The molecule has 0 spiro atoms. The third-order valence-electron chi connectivity index (χ3n) is 3.78. The molecular formula is C19H19NO3. The molecule has 0 fully saturated rings. The van der Waals surface area contributed by atoms with E-state index in [1.165, 1.54) is 0 Å². The monoisotopic (exact) mass is 309 g/mol. The molecule has 0 unspecified atom stereocenters. The summed E-state index contributed by atoms with van der Waals surface area (Å²) in [6.45, 7) is 0.898. The second-order valence-electron chi connectivity index (χ2n) is 5.35. The van der Waals surface area contributed by atoms with E-state index < -0.39 is 0 Å². The number of methoxy groups -OCH3 is 1. The summed E-state index contributed by atoms with van der Waals surface area (Å²) < 4.78 is 10.7. The Morgan fingerprint density at radius 1 is 1.17 bits per heavy atom. The Morgan fingerprint density at radius 3 is 2.74 bits per heavy atom. The van der Waals surface area contributed by atoms with Crippen molar-refractivity contribution in [1.29, 1.82) is 0 Å². The van der Waals surface area contributed by atoms with Crippen LogP contribution in [0.25, 0.3) is 6.08 Å². The number of carbonyl (C=O) groups excluding carboxylic acids is 1. The summed E-state index contributed by atoms with van der Waals surface area (Å²) in [5.41, 5.74) is 2.75. The van der Waals surface area contributed by atoms with Gasteiger partial charge in [-0.1, -0.05) is 30.3 Å². The number of hydrogen-bond acceptors (Lipinski definition) is 3. The van der Waals surface area contributed by atoms with Gasteiger partial charge in [0.15, 0.2) is 0 Å². The number of nitrogens with one attached hydrogen (secondary N) is 1. The van der Waals surface area contributed by atoms with Crippen molar-refractivity contribution in [3.05, 3.63) is 65.2 Å². The standard InChI is InChI=1S/C19H19NO3/c1-22-17-8-6-14(7-9-17)10-11-20-19(21)16-12-15-4-2-3-5-18(15)23-13-16/h2-9,12H,10-11,13H2,1H3,(H,20,21). The first-order valence-corrected chi connectivity index (χ1v) is 7.60. The van der Waals surface area contributed by atoms with E-state index in [0.29, 0.717) is 18.7 Å². The first kappa shape index (κ1) is 15.2. The van der Waals surface area contributed by atoms with Gasteiger partial charge in [-0.05, 0) is 36.3 Å². The summed E-state index contributed by atoms with van der Waals surface area (Å²) in [6.07, 6.45) is 2.67. The van der Waals surface area contributed by atoms with E-state index in [9.17, 15) is 4.79 Å². The molecule has 0 bridgehead atoms. The zero-order chi connectivity index (χ0) is 16.1. The Balaban J connectivity index is 1.54. The van der Waals surface area contributed by atoms with Gasteiger partial charge in [-0.25, -0.2) is 0 Å². The number of ether oxygens (including phenoxy) is 2. The summed E-state index contributed by atoms with van der Waals surface area (Å²) in [7, 11) is 1.65. The molecule has 4 heteroatoms. The molecule has 3 rings (SSSR count). The molecule has 0 saturated heterocycles. The van der Waals surface area contributed by atoms with Gasteiger partial charge in [0.25, 0.3) is 5.91 Å². The van der Waals surface area contributed by atoms with Gasteiger partial charge < -0.3 is 14.8 Å². The molecule has 1 aliphatic heterocycles. The van der Waals surface area contributed by atoms with Crippen LogP contribution in [0.2, 0.25) is 0 Å². The highest BCUT2D eigenvalue weighted by atomic mass is 16.5. The smallest absolute Gasteiger partial charge is 0.250 e. The normalized spacial score (nSPS) is 12.7. The molecule has 2 aromatic carbocycles. The quantitative estimate of drug-likeness (QED) is 0.924. The van der Waals surface area contributed by atoms with Crippen LogP contribution in [0.5, 0.6) is 11.5 Å². The number of carbonyl (C=O) groups is 1. The summed E-state index contributed by atoms with van der Waals surface area (Å²) in [5.74, 6) is 1.58. The van der Waals surface area contributed by atoms with Crippen LogP contribution in [-0.4, -0.2) is 26.2 Å². The van der Waals surface area contributed by atoms with Crippen LogP contribution in [0.4, 0.5) is 0 Å². The lowest BCUT2D eigenvalue weighted by molar-refractivity contribution is -0.117. The average molecular weight is 309 g/mol. The molecule has 118 valence electrons. The molecule has 2 aromatic rings. The molecule has 1 aliphatic rings. The van der Waals surface area contributed by atoms with Crippen molar-refractivity contribution in [2.24, 2.45) is 0 Å². The number of amides is 1. The first-order chi connectivity index (χ1) is 11.3. The Morgan fingerprint density at radius 2 is 1.96 bits per heavy atom. The molecule has 4 nitrogen and oxygen atoms in total. The first-order valence-electron chi connectivity index (χ1n) is 7.60. The maximum Gasteiger partial charge on any atom is 0.250 e. The highest BCUT2D eigenvalue weighted by molar-refractivity contribution is 5.99. The molecule has 1 heterocycles. The summed E-state index contributed by atoms with van der Waals surface area (Å²) in [5, 5.41) is 2.94. The minimum Gasteiger partial charge on any atom is -0.497 e. The zero-order valence-corrected chi connectivity index (χ0v) is 13.0. The van der Waals surface area contributed by atoms with Crippen LogP contribution < -0.4 is 14.8 Å². The van der Waals surface area contributed by atoms with Crippen LogP contribution in [0.3, 0.4) is 0 Å². The van der Waals surface area contributed by atoms with Crippen molar-refractivity contribution >= 4 is 12.0 Å². The van der Waals surface area contributed by atoms with Gasteiger partial charge in [0.05, 0.1) is 12.7 Å². The molecule has 0 aromatic heterocycles. The Labute approximate surface area is 135 Å². The highest BCUT2D eigenvalue weighted by Gasteiger charge is 2.16. The van der Waals surface area contributed by atoms with Gasteiger partial charge in [-0.3, -0.25) is 4.79 Å². The minimum atomic E-state index is -0.0759. The molecular weight excluding hydrogens is 290 g/mol. The fourth-order valence-electron chi connectivity index (χ4n) is 2.47. The maximum absolute atomic E-state index is 12.2. The minimum absolute atomic E-state index is 0.0759. The van der Waals surface area contributed by atoms with Gasteiger partial charge in [0.2, 0.25) is 0 Å². The third kappa shape index (κ3) is 3.72. The number of benzene rings is 2. The predicted octanol–water partition coefficient (Wildman–Crippen LogP) is 2.83. The van der Waals surface area contributed by atoms with E-state index in [1.807, 2.05) is 54.6 Å². The van der Waals surface area contributed by atoms with E-state index in [-0.39, 0.29) is 5.91 Å². The van der Waals surface area contributed by atoms with Crippen LogP contribution >= 0.6 is 0 Å². The van der Waals surface area contributed by atoms with E-state index >= 15 is 0 Å². The van der Waals surface area contributed by atoms with Crippen LogP contribution in [-0.2, 0) is 11.2 Å². The average Bonchev–Trinajstić information content (AvgIpc) is 2.61. The van der Waals surface area contributed by atoms with Crippen molar-refractivity contribution in [1.82, 2.24) is 5.32 Å². The van der Waals surface area contributed by atoms with Crippen LogP contribution in [0, 0.1) is 0 Å². The van der Waals surface area contributed by atoms with Crippen molar-refractivity contribution in [3.63, 3.8) is 0 Å². The molecule has 0 radical (unpaired) electrons. The van der Waals surface area contributed by atoms with E-state index in [0.717, 1.165) is 29.0 Å². The van der Waals surface area contributed by atoms with Crippen molar-refractivity contribution in [2.45, 2.75) is 6.42 Å². The highest BCUT2D eigenvalue weighted by Crippen LogP contribution is 2.25. The molecule has 1 N–H and O–H groups in total. The van der Waals surface area contributed by atoms with E-state index in [4.69, 9.17) is 9.47 Å². The molecule has 0 saturated carbocycles. The molecule has 0 aliphatic carbocycles. The SMILES string of the molecule is COc1ccc(CCNC(=O)C2=Cc3ccccc3OC2)cc1. The van der Waals surface area contributed by atoms with E-state index in [2.05, 4.69) is 5.32 Å². The fraction of sp³-hybridized carbons (Fsp3) is 0.211. The predicted molar refractivity (Wildman–Crippen MR) is 89.6 cm³/mol. The summed E-state index contributed by atoms with van der Waals surface area (Å²) in [6, 6.07) is 15.6.